The minimum absolute atomic E-state index is 0.298. The molecule has 104 valence electrons. The molecule has 0 saturated carbocycles. The van der Waals surface area contributed by atoms with E-state index in [1.165, 1.54) is 0 Å². The molecule has 3 heterocycles. The summed E-state index contributed by atoms with van der Waals surface area (Å²) in [7, 11) is 0. The van der Waals surface area contributed by atoms with Gasteiger partial charge in [0, 0.05) is 31.6 Å². The maximum absolute atomic E-state index is 5.68. The Hall–Kier alpha value is -1.20. The molecule has 2 aliphatic heterocycles. The van der Waals surface area contributed by atoms with E-state index in [0.29, 0.717) is 12.7 Å². The summed E-state index contributed by atoms with van der Waals surface area (Å²) in [6.07, 6.45) is 4.29. The minimum Gasteiger partial charge on any atom is -0.378 e. The third-order valence-electron chi connectivity index (χ3n) is 3.65. The zero-order valence-electron chi connectivity index (χ0n) is 11.4. The van der Waals surface area contributed by atoms with E-state index in [1.807, 2.05) is 0 Å². The van der Waals surface area contributed by atoms with Crippen LogP contribution in [0, 0.1) is 0 Å². The molecule has 0 bridgehead atoms. The van der Waals surface area contributed by atoms with Gasteiger partial charge in [-0.15, -0.1) is 0 Å². The third kappa shape index (κ3) is 2.87. The van der Waals surface area contributed by atoms with Crippen LogP contribution in [0.15, 0.2) is 0 Å². The highest BCUT2D eigenvalue weighted by Gasteiger charge is 2.21. The molecule has 1 saturated heterocycles. The van der Waals surface area contributed by atoms with Gasteiger partial charge >= 0.3 is 0 Å². The SMILES string of the molecule is CCNc1nc(CC2CCCO2)nc2c1COCC2. The number of nitrogens with one attached hydrogen (secondary N) is 1. The minimum atomic E-state index is 0.298. The second kappa shape index (κ2) is 5.84. The molecule has 0 radical (unpaired) electrons. The molecule has 19 heavy (non-hydrogen) atoms. The van der Waals surface area contributed by atoms with E-state index in [-0.39, 0.29) is 0 Å². The zero-order valence-corrected chi connectivity index (χ0v) is 11.4. The number of rotatable bonds is 4. The standard InChI is InChI=1S/C14H21N3O2/c1-2-15-14-11-9-18-7-5-12(11)16-13(17-14)8-10-4-3-6-19-10/h10H,2-9H2,1H3,(H,15,16,17). The van der Waals surface area contributed by atoms with E-state index < -0.39 is 0 Å². The second-order valence-corrected chi connectivity index (χ2v) is 5.09. The van der Waals surface area contributed by atoms with E-state index in [4.69, 9.17) is 14.5 Å². The summed E-state index contributed by atoms with van der Waals surface area (Å²) in [5.41, 5.74) is 2.27. The fraction of sp³-hybridized carbons (Fsp3) is 0.714. The number of anilines is 1. The molecule has 1 fully saturated rings. The summed E-state index contributed by atoms with van der Waals surface area (Å²) < 4.78 is 11.2. The number of fused-ring (bicyclic) bond motifs is 1. The van der Waals surface area contributed by atoms with Crippen molar-refractivity contribution in [2.75, 3.05) is 25.1 Å². The van der Waals surface area contributed by atoms with Crippen LogP contribution in [0.2, 0.25) is 0 Å². The van der Waals surface area contributed by atoms with Gasteiger partial charge in [0.15, 0.2) is 0 Å². The molecule has 3 rings (SSSR count). The molecule has 2 aliphatic rings. The van der Waals surface area contributed by atoms with Crippen molar-refractivity contribution in [2.24, 2.45) is 0 Å². The van der Waals surface area contributed by atoms with E-state index in [2.05, 4.69) is 17.2 Å². The third-order valence-corrected chi connectivity index (χ3v) is 3.65. The van der Waals surface area contributed by atoms with Gasteiger partial charge in [-0.3, -0.25) is 0 Å². The average molecular weight is 263 g/mol. The molecule has 1 N–H and O–H groups in total. The molecule has 5 nitrogen and oxygen atoms in total. The van der Waals surface area contributed by atoms with Crippen molar-refractivity contribution in [3.05, 3.63) is 17.1 Å². The normalized spacial score (nSPS) is 22.3. The maximum Gasteiger partial charge on any atom is 0.135 e. The molecule has 1 unspecified atom stereocenters. The largest absolute Gasteiger partial charge is 0.378 e. The van der Waals surface area contributed by atoms with Gasteiger partial charge in [0.25, 0.3) is 0 Å². The second-order valence-electron chi connectivity index (χ2n) is 5.09. The average Bonchev–Trinajstić information content (AvgIpc) is 2.92. The summed E-state index contributed by atoms with van der Waals surface area (Å²) in [5.74, 6) is 1.85. The van der Waals surface area contributed by atoms with Gasteiger partial charge in [0.2, 0.25) is 0 Å². The first kappa shape index (κ1) is 12.8. The Morgan fingerprint density at radius 1 is 1.32 bits per heavy atom. The Bertz CT molecular complexity index is 445. The lowest BCUT2D eigenvalue weighted by molar-refractivity contribution is 0.106. The van der Waals surface area contributed by atoms with Crippen molar-refractivity contribution in [3.8, 4) is 0 Å². The van der Waals surface area contributed by atoms with E-state index >= 15 is 0 Å². The van der Waals surface area contributed by atoms with Crippen LogP contribution in [-0.2, 0) is 28.9 Å². The molecule has 0 amide bonds. The number of nitrogens with zero attached hydrogens (tertiary/aromatic N) is 2. The Balaban J connectivity index is 1.85. The van der Waals surface area contributed by atoms with Crippen LogP contribution < -0.4 is 5.32 Å². The van der Waals surface area contributed by atoms with E-state index in [9.17, 15) is 0 Å². The van der Waals surface area contributed by atoms with Gasteiger partial charge in [0.1, 0.15) is 11.6 Å². The topological polar surface area (TPSA) is 56.3 Å². The first-order valence-electron chi connectivity index (χ1n) is 7.18. The first-order valence-corrected chi connectivity index (χ1v) is 7.18. The van der Waals surface area contributed by atoms with Crippen molar-refractivity contribution >= 4 is 5.82 Å². The molecule has 0 aliphatic carbocycles. The number of hydrogen-bond donors (Lipinski definition) is 1. The van der Waals surface area contributed by atoms with Crippen molar-refractivity contribution in [1.29, 1.82) is 0 Å². The summed E-state index contributed by atoms with van der Waals surface area (Å²) in [6.45, 7) is 5.21. The highest BCUT2D eigenvalue weighted by atomic mass is 16.5. The molecular formula is C14H21N3O2. The lowest BCUT2D eigenvalue weighted by Crippen LogP contribution is -2.20. The van der Waals surface area contributed by atoms with E-state index in [1.54, 1.807) is 0 Å². The molecule has 1 aromatic rings. The number of aromatic nitrogens is 2. The maximum atomic E-state index is 5.68. The van der Waals surface area contributed by atoms with Crippen molar-refractivity contribution < 1.29 is 9.47 Å². The van der Waals surface area contributed by atoms with Crippen LogP contribution in [0.4, 0.5) is 5.82 Å². The van der Waals surface area contributed by atoms with Crippen LogP contribution in [0.25, 0.3) is 0 Å². The Kier molecular flexibility index (Phi) is 3.94. The number of hydrogen-bond acceptors (Lipinski definition) is 5. The molecule has 0 aromatic carbocycles. The number of ether oxygens (including phenoxy) is 2. The van der Waals surface area contributed by atoms with Crippen LogP contribution in [0.1, 0.15) is 36.8 Å². The van der Waals surface area contributed by atoms with Crippen molar-refractivity contribution in [1.82, 2.24) is 9.97 Å². The molecule has 5 heteroatoms. The van der Waals surface area contributed by atoms with Crippen LogP contribution >= 0.6 is 0 Å². The van der Waals surface area contributed by atoms with Crippen molar-refractivity contribution in [2.45, 2.75) is 45.3 Å². The first-order chi connectivity index (χ1) is 9.36. The zero-order chi connectivity index (χ0) is 13.1. The van der Waals surface area contributed by atoms with Gasteiger partial charge in [-0.2, -0.15) is 0 Å². The quantitative estimate of drug-likeness (QED) is 0.896. The van der Waals surface area contributed by atoms with Gasteiger partial charge in [-0.25, -0.2) is 9.97 Å². The van der Waals surface area contributed by atoms with Crippen LogP contribution in [0.3, 0.4) is 0 Å². The summed E-state index contributed by atoms with van der Waals surface area (Å²) in [6, 6.07) is 0. The van der Waals surface area contributed by atoms with Gasteiger partial charge in [0.05, 0.1) is 25.0 Å². The van der Waals surface area contributed by atoms with Gasteiger partial charge in [-0.05, 0) is 19.8 Å². The van der Waals surface area contributed by atoms with Crippen LogP contribution in [-0.4, -0.2) is 35.8 Å². The van der Waals surface area contributed by atoms with Gasteiger partial charge in [-0.1, -0.05) is 0 Å². The molecule has 0 spiro atoms. The lowest BCUT2D eigenvalue weighted by Gasteiger charge is -2.20. The Labute approximate surface area is 113 Å². The molecule has 1 aromatic heterocycles. The Morgan fingerprint density at radius 2 is 2.26 bits per heavy atom. The van der Waals surface area contributed by atoms with E-state index in [0.717, 1.165) is 68.3 Å². The summed E-state index contributed by atoms with van der Waals surface area (Å²) in [5, 5.41) is 3.33. The Morgan fingerprint density at radius 3 is 3.05 bits per heavy atom. The fourth-order valence-electron chi connectivity index (χ4n) is 2.70. The van der Waals surface area contributed by atoms with Gasteiger partial charge < -0.3 is 14.8 Å². The predicted molar refractivity (Wildman–Crippen MR) is 72.2 cm³/mol. The van der Waals surface area contributed by atoms with Crippen molar-refractivity contribution in [3.63, 3.8) is 0 Å². The lowest BCUT2D eigenvalue weighted by atomic mass is 10.1. The molecule has 1 atom stereocenters. The smallest absolute Gasteiger partial charge is 0.135 e. The monoisotopic (exact) mass is 263 g/mol. The van der Waals surface area contributed by atoms with Crippen LogP contribution in [0.5, 0.6) is 0 Å². The summed E-state index contributed by atoms with van der Waals surface area (Å²) in [4.78, 5) is 9.37. The highest BCUT2D eigenvalue weighted by molar-refractivity contribution is 5.47. The highest BCUT2D eigenvalue weighted by Crippen LogP contribution is 2.24. The fourth-order valence-corrected chi connectivity index (χ4v) is 2.70. The predicted octanol–water partition coefficient (Wildman–Crippen LogP) is 1.70. The summed E-state index contributed by atoms with van der Waals surface area (Å²) >= 11 is 0. The molecular weight excluding hydrogens is 242 g/mol.